The van der Waals surface area contributed by atoms with E-state index >= 15 is 0 Å². The van der Waals surface area contributed by atoms with E-state index in [-0.39, 0.29) is 11.9 Å². The van der Waals surface area contributed by atoms with E-state index in [1.165, 1.54) is 0 Å². The average molecular weight is 312 g/mol. The molecule has 0 heterocycles. The Morgan fingerprint density at radius 2 is 1.48 bits per heavy atom. The van der Waals surface area contributed by atoms with Crippen molar-refractivity contribution in [3.05, 3.63) is 71.8 Å². The van der Waals surface area contributed by atoms with E-state index in [2.05, 4.69) is 0 Å². The highest BCUT2D eigenvalue weighted by atomic mass is 16.5. The second-order valence-electron chi connectivity index (χ2n) is 5.65. The van der Waals surface area contributed by atoms with Gasteiger partial charge in [0.05, 0.1) is 19.3 Å². The van der Waals surface area contributed by atoms with Crippen molar-refractivity contribution in [1.82, 2.24) is 0 Å². The zero-order valence-electron chi connectivity index (χ0n) is 13.6. The van der Waals surface area contributed by atoms with Gasteiger partial charge in [0.2, 0.25) is 0 Å². The molecule has 3 heteroatoms. The highest BCUT2D eigenvalue weighted by Crippen LogP contribution is 2.11. The number of hydrogen-bond acceptors (Lipinski definition) is 3. The molecule has 0 N–H and O–H groups in total. The van der Waals surface area contributed by atoms with E-state index < -0.39 is 0 Å². The van der Waals surface area contributed by atoms with Gasteiger partial charge in [-0.3, -0.25) is 4.79 Å². The maximum Gasteiger partial charge on any atom is 0.132 e. The molecule has 2 rings (SSSR count). The van der Waals surface area contributed by atoms with Crippen LogP contribution in [0.5, 0.6) is 0 Å². The number of rotatable bonds is 10. The molecule has 0 spiro atoms. The Hall–Kier alpha value is -1.97. The van der Waals surface area contributed by atoms with Gasteiger partial charge >= 0.3 is 0 Å². The first-order valence-electron chi connectivity index (χ1n) is 8.00. The molecule has 122 valence electrons. The van der Waals surface area contributed by atoms with Crippen LogP contribution in [-0.4, -0.2) is 18.5 Å². The average Bonchev–Trinajstić information content (AvgIpc) is 2.58. The molecule has 0 aliphatic rings. The topological polar surface area (TPSA) is 35.5 Å². The first kappa shape index (κ1) is 17.4. The molecule has 0 radical (unpaired) electrons. The molecule has 0 saturated carbocycles. The predicted octanol–water partition coefficient (Wildman–Crippen LogP) is 4.16. The maximum atomic E-state index is 11.4. The first-order valence-corrected chi connectivity index (χ1v) is 8.00. The Morgan fingerprint density at radius 1 is 0.913 bits per heavy atom. The van der Waals surface area contributed by atoms with Gasteiger partial charge in [-0.1, -0.05) is 60.7 Å². The van der Waals surface area contributed by atoms with Crippen molar-refractivity contribution in [2.24, 2.45) is 0 Å². The standard InChI is InChI=1S/C20H24O3/c1-17(21)14-20(23-16-19-10-6-3-7-11-19)12-13-22-15-18-8-4-2-5-9-18/h2-11,20H,12-16H2,1H3/t20-/m0/s1. The quantitative estimate of drug-likeness (QED) is 0.618. The summed E-state index contributed by atoms with van der Waals surface area (Å²) in [6.45, 7) is 3.30. The molecular formula is C20H24O3. The SMILES string of the molecule is CC(=O)C[C@H](CCOCc1ccccc1)OCc1ccccc1. The summed E-state index contributed by atoms with van der Waals surface area (Å²) in [7, 11) is 0. The number of hydrogen-bond donors (Lipinski definition) is 0. The summed E-state index contributed by atoms with van der Waals surface area (Å²) in [5, 5.41) is 0. The second kappa shape index (κ2) is 9.93. The van der Waals surface area contributed by atoms with E-state index in [1.54, 1.807) is 6.92 Å². The van der Waals surface area contributed by atoms with Crippen molar-refractivity contribution >= 4 is 5.78 Å². The van der Waals surface area contributed by atoms with E-state index in [9.17, 15) is 4.79 Å². The van der Waals surface area contributed by atoms with Crippen molar-refractivity contribution < 1.29 is 14.3 Å². The van der Waals surface area contributed by atoms with Crippen molar-refractivity contribution in [2.75, 3.05) is 6.61 Å². The fourth-order valence-corrected chi connectivity index (χ4v) is 2.33. The number of ketones is 1. The molecule has 1 atom stereocenters. The smallest absolute Gasteiger partial charge is 0.132 e. The molecule has 0 bridgehead atoms. The fraction of sp³-hybridized carbons (Fsp3) is 0.350. The lowest BCUT2D eigenvalue weighted by molar-refractivity contribution is -0.120. The molecule has 23 heavy (non-hydrogen) atoms. The van der Waals surface area contributed by atoms with Gasteiger partial charge in [0.15, 0.2) is 0 Å². The van der Waals surface area contributed by atoms with Gasteiger partial charge in [-0.25, -0.2) is 0 Å². The summed E-state index contributed by atoms with van der Waals surface area (Å²) in [5.41, 5.74) is 2.27. The number of ether oxygens (including phenoxy) is 2. The van der Waals surface area contributed by atoms with Crippen LogP contribution < -0.4 is 0 Å². The van der Waals surface area contributed by atoms with Gasteiger partial charge < -0.3 is 9.47 Å². The first-order chi connectivity index (χ1) is 11.2. The van der Waals surface area contributed by atoms with Crippen molar-refractivity contribution in [2.45, 2.75) is 39.1 Å². The summed E-state index contributed by atoms with van der Waals surface area (Å²) < 4.78 is 11.6. The van der Waals surface area contributed by atoms with E-state index in [0.717, 1.165) is 17.5 Å². The van der Waals surface area contributed by atoms with E-state index in [4.69, 9.17) is 9.47 Å². The van der Waals surface area contributed by atoms with E-state index in [0.29, 0.717) is 26.2 Å². The van der Waals surface area contributed by atoms with Crippen LogP contribution >= 0.6 is 0 Å². The minimum absolute atomic E-state index is 0.0940. The minimum Gasteiger partial charge on any atom is -0.377 e. The molecule has 0 aromatic heterocycles. The number of carbonyl (C=O) groups is 1. The third kappa shape index (κ3) is 7.22. The molecule has 3 nitrogen and oxygen atoms in total. The fourth-order valence-electron chi connectivity index (χ4n) is 2.33. The van der Waals surface area contributed by atoms with Crippen LogP contribution in [0.2, 0.25) is 0 Å². The Bertz CT molecular complexity index is 566. The molecule has 0 amide bonds. The summed E-state index contributed by atoms with van der Waals surface area (Å²) in [6.07, 6.45) is 1.06. The Labute approximate surface area is 138 Å². The zero-order chi connectivity index (χ0) is 16.3. The van der Waals surface area contributed by atoms with Gasteiger partial charge in [0.25, 0.3) is 0 Å². The number of Topliss-reactive ketones (excluding diaryl/α,β-unsaturated/α-hetero) is 1. The van der Waals surface area contributed by atoms with Crippen molar-refractivity contribution in [1.29, 1.82) is 0 Å². The third-order valence-electron chi connectivity index (χ3n) is 3.54. The monoisotopic (exact) mass is 312 g/mol. The van der Waals surface area contributed by atoms with Gasteiger partial charge in [0.1, 0.15) is 5.78 Å². The van der Waals surface area contributed by atoms with Crippen LogP contribution in [0.4, 0.5) is 0 Å². The second-order valence-corrected chi connectivity index (χ2v) is 5.65. The molecule has 0 fully saturated rings. The molecule has 2 aromatic carbocycles. The molecule has 0 saturated heterocycles. The largest absolute Gasteiger partial charge is 0.377 e. The molecule has 0 aliphatic carbocycles. The van der Waals surface area contributed by atoms with Crippen LogP contribution in [0, 0.1) is 0 Å². The van der Waals surface area contributed by atoms with Crippen LogP contribution in [-0.2, 0) is 27.5 Å². The van der Waals surface area contributed by atoms with Crippen LogP contribution in [0.1, 0.15) is 30.9 Å². The normalized spacial score (nSPS) is 12.0. The van der Waals surface area contributed by atoms with Gasteiger partial charge in [-0.15, -0.1) is 0 Å². The summed E-state index contributed by atoms with van der Waals surface area (Å²) in [6, 6.07) is 20.1. The van der Waals surface area contributed by atoms with E-state index in [1.807, 2.05) is 60.7 Å². The minimum atomic E-state index is -0.0940. The summed E-state index contributed by atoms with van der Waals surface area (Å²) in [5.74, 6) is 0.145. The highest BCUT2D eigenvalue weighted by molar-refractivity contribution is 5.75. The molecular weight excluding hydrogens is 288 g/mol. The van der Waals surface area contributed by atoms with Crippen molar-refractivity contribution in [3.63, 3.8) is 0 Å². The van der Waals surface area contributed by atoms with Crippen LogP contribution in [0.3, 0.4) is 0 Å². The predicted molar refractivity (Wildman–Crippen MR) is 91.0 cm³/mol. The Morgan fingerprint density at radius 3 is 2.04 bits per heavy atom. The van der Waals surface area contributed by atoms with Gasteiger partial charge in [0, 0.05) is 13.0 Å². The number of benzene rings is 2. The highest BCUT2D eigenvalue weighted by Gasteiger charge is 2.12. The molecule has 2 aromatic rings. The third-order valence-corrected chi connectivity index (χ3v) is 3.54. The van der Waals surface area contributed by atoms with Gasteiger partial charge in [-0.2, -0.15) is 0 Å². The number of carbonyl (C=O) groups excluding carboxylic acids is 1. The molecule has 0 aliphatic heterocycles. The lowest BCUT2D eigenvalue weighted by atomic mass is 10.1. The zero-order valence-corrected chi connectivity index (χ0v) is 13.6. The Balaban J connectivity index is 1.73. The lowest BCUT2D eigenvalue weighted by Crippen LogP contribution is -2.19. The van der Waals surface area contributed by atoms with Crippen molar-refractivity contribution in [3.8, 4) is 0 Å². The summed E-state index contributed by atoms with van der Waals surface area (Å²) >= 11 is 0. The maximum absolute atomic E-state index is 11.4. The molecule has 0 unspecified atom stereocenters. The summed E-state index contributed by atoms with van der Waals surface area (Å²) in [4.78, 5) is 11.4. The van der Waals surface area contributed by atoms with Gasteiger partial charge in [-0.05, 0) is 24.5 Å². The van der Waals surface area contributed by atoms with Crippen LogP contribution in [0.25, 0.3) is 0 Å². The van der Waals surface area contributed by atoms with Crippen LogP contribution in [0.15, 0.2) is 60.7 Å². The lowest BCUT2D eigenvalue weighted by Gasteiger charge is -2.17. The Kier molecular flexibility index (Phi) is 7.50.